The Labute approximate surface area is 92.7 Å². The van der Waals surface area contributed by atoms with Crippen molar-refractivity contribution in [1.29, 1.82) is 0 Å². The highest BCUT2D eigenvalue weighted by Gasteiger charge is 2.02. The molecule has 0 radical (unpaired) electrons. The Morgan fingerprint density at radius 3 is 3.00 bits per heavy atom. The van der Waals surface area contributed by atoms with E-state index in [4.69, 9.17) is 9.26 Å². The van der Waals surface area contributed by atoms with Crippen LogP contribution >= 0.6 is 0 Å². The molecule has 2 aromatic rings. The average Bonchev–Trinajstić information content (AvgIpc) is 2.78. The number of nitrogens with zero attached hydrogens (tertiary/aromatic N) is 3. The quantitative estimate of drug-likeness (QED) is 0.839. The number of aryl methyl sites for hydroxylation is 1. The van der Waals surface area contributed by atoms with Crippen LogP contribution in [0.4, 0.5) is 5.82 Å². The lowest BCUT2D eigenvalue weighted by molar-refractivity contribution is 0.387. The minimum absolute atomic E-state index is 0.527. The molecule has 0 aromatic carbocycles. The third-order valence-corrected chi connectivity index (χ3v) is 1.96. The van der Waals surface area contributed by atoms with Crippen molar-refractivity contribution in [3.8, 4) is 5.88 Å². The monoisotopic (exact) mass is 220 g/mol. The molecule has 16 heavy (non-hydrogen) atoms. The summed E-state index contributed by atoms with van der Waals surface area (Å²) in [6, 6.07) is 3.52. The van der Waals surface area contributed by atoms with Crippen molar-refractivity contribution in [2.45, 2.75) is 13.5 Å². The normalized spacial score (nSPS) is 10.1. The topological polar surface area (TPSA) is 73.1 Å². The van der Waals surface area contributed by atoms with E-state index in [0.29, 0.717) is 24.1 Å². The fraction of sp³-hybridized carbons (Fsp3) is 0.300. The van der Waals surface area contributed by atoms with Gasteiger partial charge in [-0.25, -0.2) is 4.98 Å². The summed E-state index contributed by atoms with van der Waals surface area (Å²) in [4.78, 5) is 8.31. The van der Waals surface area contributed by atoms with Gasteiger partial charge < -0.3 is 14.6 Å². The number of rotatable bonds is 4. The molecular formula is C10H12N4O2. The molecule has 0 unspecified atom stereocenters. The van der Waals surface area contributed by atoms with Crippen LogP contribution in [-0.4, -0.2) is 22.2 Å². The summed E-state index contributed by atoms with van der Waals surface area (Å²) in [6.07, 6.45) is 1.60. The molecule has 0 aliphatic heterocycles. The molecule has 0 aliphatic rings. The summed E-state index contributed by atoms with van der Waals surface area (Å²) in [5, 5.41) is 6.71. The number of hydrogen-bond acceptors (Lipinski definition) is 6. The summed E-state index contributed by atoms with van der Waals surface area (Å²) < 4.78 is 10.0. The molecule has 6 heteroatoms. The fourth-order valence-electron chi connectivity index (χ4n) is 1.25. The van der Waals surface area contributed by atoms with Crippen LogP contribution in [0.5, 0.6) is 5.88 Å². The number of anilines is 1. The third kappa shape index (κ3) is 2.47. The Bertz CT molecular complexity index is 456. The Morgan fingerprint density at radius 1 is 1.44 bits per heavy atom. The van der Waals surface area contributed by atoms with Crippen LogP contribution in [0.1, 0.15) is 11.6 Å². The highest BCUT2D eigenvalue weighted by molar-refractivity contribution is 5.38. The van der Waals surface area contributed by atoms with Crippen LogP contribution in [0.15, 0.2) is 22.9 Å². The second-order valence-electron chi connectivity index (χ2n) is 3.18. The molecular weight excluding hydrogens is 208 g/mol. The second-order valence-corrected chi connectivity index (χ2v) is 3.18. The number of hydrogen-bond donors (Lipinski definition) is 1. The highest BCUT2D eigenvalue weighted by atomic mass is 16.5. The van der Waals surface area contributed by atoms with E-state index in [2.05, 4.69) is 20.4 Å². The molecule has 0 saturated heterocycles. The van der Waals surface area contributed by atoms with Crippen molar-refractivity contribution in [2.75, 3.05) is 12.4 Å². The van der Waals surface area contributed by atoms with Crippen LogP contribution in [0.2, 0.25) is 0 Å². The Morgan fingerprint density at radius 2 is 2.31 bits per heavy atom. The lowest BCUT2D eigenvalue weighted by atomic mass is 10.4. The molecule has 6 nitrogen and oxygen atoms in total. The first-order valence-electron chi connectivity index (χ1n) is 4.81. The second kappa shape index (κ2) is 4.61. The predicted octanol–water partition coefficient (Wildman–Crippen LogP) is 1.39. The molecule has 1 N–H and O–H groups in total. The van der Waals surface area contributed by atoms with Crippen molar-refractivity contribution < 1.29 is 9.26 Å². The van der Waals surface area contributed by atoms with Gasteiger partial charge in [0.25, 0.3) is 0 Å². The minimum Gasteiger partial charge on any atom is -0.481 e. The molecule has 2 aromatic heterocycles. The highest BCUT2D eigenvalue weighted by Crippen LogP contribution is 2.13. The number of nitrogens with one attached hydrogen (secondary N) is 1. The molecule has 0 aliphatic carbocycles. The van der Waals surface area contributed by atoms with Crippen molar-refractivity contribution in [1.82, 2.24) is 15.1 Å². The molecule has 84 valence electrons. The lowest BCUT2D eigenvalue weighted by Gasteiger charge is -2.05. The van der Waals surface area contributed by atoms with E-state index in [9.17, 15) is 0 Å². The van der Waals surface area contributed by atoms with Crippen LogP contribution in [0, 0.1) is 6.92 Å². The summed E-state index contributed by atoms with van der Waals surface area (Å²) in [5.74, 6) is 2.63. The van der Waals surface area contributed by atoms with Crippen molar-refractivity contribution in [2.24, 2.45) is 0 Å². The fourth-order valence-corrected chi connectivity index (χ4v) is 1.25. The van der Waals surface area contributed by atoms with Gasteiger partial charge in [-0.2, -0.15) is 4.98 Å². The van der Waals surface area contributed by atoms with Crippen LogP contribution in [0.3, 0.4) is 0 Å². The van der Waals surface area contributed by atoms with E-state index in [1.54, 1.807) is 25.4 Å². The zero-order valence-electron chi connectivity index (χ0n) is 9.10. The zero-order chi connectivity index (χ0) is 11.4. The number of methoxy groups -OCH3 is 1. The Kier molecular flexibility index (Phi) is 3.00. The smallest absolute Gasteiger partial charge is 0.218 e. The van der Waals surface area contributed by atoms with Gasteiger partial charge in [-0.15, -0.1) is 0 Å². The maximum absolute atomic E-state index is 5.05. The van der Waals surface area contributed by atoms with Gasteiger partial charge in [0.05, 0.1) is 19.9 Å². The van der Waals surface area contributed by atoms with Gasteiger partial charge in [-0.1, -0.05) is 5.16 Å². The molecule has 0 bridgehead atoms. The lowest BCUT2D eigenvalue weighted by Crippen LogP contribution is -2.03. The summed E-state index contributed by atoms with van der Waals surface area (Å²) >= 11 is 0. The Hall–Kier alpha value is -2.11. The largest absolute Gasteiger partial charge is 0.481 e. The van der Waals surface area contributed by atoms with E-state index in [-0.39, 0.29) is 0 Å². The van der Waals surface area contributed by atoms with E-state index >= 15 is 0 Å². The average molecular weight is 220 g/mol. The van der Waals surface area contributed by atoms with Gasteiger partial charge in [0, 0.05) is 12.1 Å². The standard InChI is InChI=1S/C10H12N4O2/c1-7-13-9(5-10(14-7)15-2)11-6-8-3-4-12-16-8/h3-5H,6H2,1-2H3,(H,11,13,14). The van der Waals surface area contributed by atoms with Crippen molar-refractivity contribution >= 4 is 5.82 Å². The molecule has 0 fully saturated rings. The van der Waals surface area contributed by atoms with E-state index in [0.717, 1.165) is 5.76 Å². The van der Waals surface area contributed by atoms with Gasteiger partial charge in [-0.3, -0.25) is 0 Å². The first-order valence-corrected chi connectivity index (χ1v) is 4.81. The van der Waals surface area contributed by atoms with E-state index in [1.807, 2.05) is 6.92 Å². The van der Waals surface area contributed by atoms with Crippen molar-refractivity contribution in [3.63, 3.8) is 0 Å². The zero-order valence-corrected chi connectivity index (χ0v) is 9.10. The molecule has 0 spiro atoms. The number of aromatic nitrogens is 3. The molecule has 0 saturated carbocycles. The van der Waals surface area contributed by atoms with Crippen LogP contribution in [0.25, 0.3) is 0 Å². The molecule has 2 heterocycles. The van der Waals surface area contributed by atoms with E-state index < -0.39 is 0 Å². The van der Waals surface area contributed by atoms with Crippen LogP contribution in [-0.2, 0) is 6.54 Å². The van der Waals surface area contributed by atoms with Crippen molar-refractivity contribution in [3.05, 3.63) is 29.9 Å². The summed E-state index contributed by atoms with van der Waals surface area (Å²) in [7, 11) is 1.57. The van der Waals surface area contributed by atoms with Gasteiger partial charge in [0.15, 0.2) is 5.76 Å². The first kappa shape index (κ1) is 10.4. The first-order chi connectivity index (χ1) is 7.78. The maximum atomic E-state index is 5.05. The van der Waals surface area contributed by atoms with Gasteiger partial charge >= 0.3 is 0 Å². The molecule has 0 atom stereocenters. The number of ether oxygens (including phenoxy) is 1. The minimum atomic E-state index is 0.527. The SMILES string of the molecule is COc1cc(NCc2ccno2)nc(C)n1. The third-order valence-electron chi connectivity index (χ3n) is 1.96. The Balaban J connectivity index is 2.06. The van der Waals surface area contributed by atoms with Crippen LogP contribution < -0.4 is 10.1 Å². The summed E-state index contributed by atoms with van der Waals surface area (Å²) in [5.41, 5.74) is 0. The van der Waals surface area contributed by atoms with E-state index in [1.165, 1.54) is 0 Å². The van der Waals surface area contributed by atoms with Gasteiger partial charge in [0.2, 0.25) is 5.88 Å². The molecule has 2 rings (SSSR count). The molecule has 0 amide bonds. The maximum Gasteiger partial charge on any atom is 0.218 e. The van der Waals surface area contributed by atoms with Gasteiger partial charge in [0.1, 0.15) is 11.6 Å². The summed E-state index contributed by atoms with van der Waals surface area (Å²) in [6.45, 7) is 2.34. The predicted molar refractivity (Wildman–Crippen MR) is 57.2 cm³/mol. The van der Waals surface area contributed by atoms with Gasteiger partial charge in [-0.05, 0) is 6.92 Å².